The Morgan fingerprint density at radius 1 is 1.23 bits per heavy atom. The summed E-state index contributed by atoms with van der Waals surface area (Å²) in [4.78, 5) is 22.3. The van der Waals surface area contributed by atoms with Gasteiger partial charge in [0, 0.05) is 55.0 Å². The molecule has 1 aromatic rings. The van der Waals surface area contributed by atoms with Gasteiger partial charge in [-0.2, -0.15) is 5.26 Å². The van der Waals surface area contributed by atoms with Crippen LogP contribution in [0.15, 0.2) is 6.20 Å². The molecule has 1 amide bonds. The fourth-order valence-corrected chi connectivity index (χ4v) is 5.02. The van der Waals surface area contributed by atoms with Crippen LogP contribution in [-0.2, 0) is 4.79 Å². The highest BCUT2D eigenvalue weighted by atomic mass is 16.2. The topological polar surface area (TPSA) is 110 Å². The number of piperazine rings is 1. The van der Waals surface area contributed by atoms with Crippen molar-refractivity contribution in [1.29, 1.82) is 10.7 Å². The SMILES string of the molecule is Cc1c(C#N)c(N2CCN(C(=O)C3CC3)C(C3CC3)C2)nc(C2CC2)c1/C(C=N)=C/N. The summed E-state index contributed by atoms with van der Waals surface area (Å²) in [5.41, 5.74) is 9.66. The third-order valence-corrected chi connectivity index (χ3v) is 7.25. The highest BCUT2D eigenvalue weighted by Gasteiger charge is 2.45. The van der Waals surface area contributed by atoms with Crippen LogP contribution in [0.2, 0.25) is 0 Å². The molecule has 4 aliphatic rings. The molecule has 2 heterocycles. The van der Waals surface area contributed by atoms with Crippen molar-refractivity contribution in [2.45, 2.75) is 57.4 Å². The molecule has 5 rings (SSSR count). The highest BCUT2D eigenvalue weighted by Crippen LogP contribution is 2.45. The van der Waals surface area contributed by atoms with Crippen molar-refractivity contribution in [3.8, 4) is 6.07 Å². The number of hydrogen-bond donors (Lipinski definition) is 2. The van der Waals surface area contributed by atoms with Crippen LogP contribution in [0.4, 0.5) is 5.82 Å². The maximum absolute atomic E-state index is 12.9. The zero-order chi connectivity index (χ0) is 21.7. The number of anilines is 1. The second-order valence-electron chi connectivity index (χ2n) is 9.50. The Labute approximate surface area is 183 Å². The molecule has 1 aliphatic heterocycles. The van der Waals surface area contributed by atoms with E-state index in [9.17, 15) is 10.1 Å². The van der Waals surface area contributed by atoms with E-state index in [0.717, 1.165) is 54.9 Å². The van der Waals surface area contributed by atoms with Crippen molar-refractivity contribution in [3.63, 3.8) is 0 Å². The molecule has 1 saturated heterocycles. The van der Waals surface area contributed by atoms with Crippen LogP contribution < -0.4 is 10.6 Å². The minimum Gasteiger partial charge on any atom is -0.404 e. The van der Waals surface area contributed by atoms with E-state index in [2.05, 4.69) is 15.9 Å². The smallest absolute Gasteiger partial charge is 0.226 e. The van der Waals surface area contributed by atoms with Crippen LogP contribution in [-0.4, -0.2) is 47.7 Å². The maximum Gasteiger partial charge on any atom is 0.226 e. The van der Waals surface area contributed by atoms with Crippen molar-refractivity contribution in [2.75, 3.05) is 24.5 Å². The molecule has 0 bridgehead atoms. The van der Waals surface area contributed by atoms with Crippen molar-refractivity contribution in [2.24, 2.45) is 17.6 Å². The van der Waals surface area contributed by atoms with Gasteiger partial charge in [-0.3, -0.25) is 4.79 Å². The van der Waals surface area contributed by atoms with E-state index in [1.165, 1.54) is 25.3 Å². The number of amides is 1. The minimum absolute atomic E-state index is 0.223. The van der Waals surface area contributed by atoms with Gasteiger partial charge in [0.1, 0.15) is 11.9 Å². The summed E-state index contributed by atoms with van der Waals surface area (Å²) in [6.45, 7) is 4.11. The van der Waals surface area contributed by atoms with Crippen LogP contribution in [0.3, 0.4) is 0 Å². The van der Waals surface area contributed by atoms with E-state index in [1.54, 1.807) is 0 Å². The third-order valence-electron chi connectivity index (χ3n) is 7.25. The average Bonchev–Trinajstić information content (AvgIpc) is 3.66. The predicted octanol–water partition coefficient (Wildman–Crippen LogP) is 2.93. The van der Waals surface area contributed by atoms with Gasteiger partial charge in [-0.05, 0) is 56.9 Å². The monoisotopic (exact) mass is 418 g/mol. The largest absolute Gasteiger partial charge is 0.404 e. The first kappa shape index (κ1) is 20.0. The highest BCUT2D eigenvalue weighted by molar-refractivity contribution is 6.09. The predicted molar refractivity (Wildman–Crippen MR) is 120 cm³/mol. The second kappa shape index (κ2) is 7.67. The number of hydrogen-bond acceptors (Lipinski definition) is 6. The molecule has 31 heavy (non-hydrogen) atoms. The minimum atomic E-state index is 0.223. The number of nitrogens with one attached hydrogen (secondary N) is 1. The van der Waals surface area contributed by atoms with Crippen LogP contribution in [0.1, 0.15) is 66.8 Å². The average molecular weight is 419 g/mol. The van der Waals surface area contributed by atoms with Crippen molar-refractivity contribution < 1.29 is 4.79 Å². The van der Waals surface area contributed by atoms with Gasteiger partial charge in [0.2, 0.25) is 5.91 Å². The molecular formula is C24H30N6O. The van der Waals surface area contributed by atoms with Gasteiger partial charge in [-0.1, -0.05) is 0 Å². The standard InChI is InChI=1S/C24H30N6O/c1-14-19(12-27)23(28-22(16-4-5-16)21(14)18(10-25)11-26)29-8-9-30(24(31)17-6-7-17)20(13-29)15-2-3-15/h10-11,15-17,20,25H,2-9,13,26H2,1H3/b18-11+,25-10?. The van der Waals surface area contributed by atoms with E-state index < -0.39 is 0 Å². The molecule has 1 atom stereocenters. The van der Waals surface area contributed by atoms with Gasteiger partial charge in [0.15, 0.2) is 0 Å². The number of aromatic nitrogens is 1. The van der Waals surface area contributed by atoms with Crippen LogP contribution in [0.25, 0.3) is 5.57 Å². The van der Waals surface area contributed by atoms with Gasteiger partial charge in [-0.15, -0.1) is 0 Å². The molecule has 3 aliphatic carbocycles. The van der Waals surface area contributed by atoms with E-state index in [4.69, 9.17) is 16.1 Å². The summed E-state index contributed by atoms with van der Waals surface area (Å²) >= 11 is 0. The first-order valence-corrected chi connectivity index (χ1v) is 11.5. The number of nitriles is 1. The summed E-state index contributed by atoms with van der Waals surface area (Å²) in [5.74, 6) is 2.26. The molecule has 0 spiro atoms. The number of nitrogens with zero attached hydrogens (tertiary/aromatic N) is 4. The molecule has 0 radical (unpaired) electrons. The summed E-state index contributed by atoms with van der Waals surface area (Å²) in [6, 6.07) is 2.61. The Hall–Kier alpha value is -2.88. The molecule has 7 nitrogen and oxygen atoms in total. The number of allylic oxidation sites excluding steroid dienone is 1. The summed E-state index contributed by atoms with van der Waals surface area (Å²) in [6.07, 6.45) is 9.28. The van der Waals surface area contributed by atoms with Gasteiger partial charge in [-0.25, -0.2) is 4.98 Å². The summed E-state index contributed by atoms with van der Waals surface area (Å²) < 4.78 is 0. The Morgan fingerprint density at radius 3 is 2.52 bits per heavy atom. The van der Waals surface area contributed by atoms with Gasteiger partial charge < -0.3 is 20.9 Å². The van der Waals surface area contributed by atoms with Crippen molar-refractivity contribution in [3.05, 3.63) is 28.6 Å². The molecule has 4 fully saturated rings. The van der Waals surface area contributed by atoms with Gasteiger partial charge in [0.05, 0.1) is 17.3 Å². The molecule has 3 saturated carbocycles. The van der Waals surface area contributed by atoms with Crippen LogP contribution in [0, 0.1) is 35.5 Å². The van der Waals surface area contributed by atoms with Gasteiger partial charge >= 0.3 is 0 Å². The van der Waals surface area contributed by atoms with Crippen LogP contribution >= 0.6 is 0 Å². The van der Waals surface area contributed by atoms with Crippen molar-refractivity contribution >= 4 is 23.5 Å². The van der Waals surface area contributed by atoms with E-state index in [1.807, 2.05) is 6.92 Å². The Balaban J connectivity index is 1.52. The Kier molecular flexibility index (Phi) is 4.96. The van der Waals surface area contributed by atoms with Crippen LogP contribution in [0.5, 0.6) is 0 Å². The molecular weight excluding hydrogens is 388 g/mol. The Bertz CT molecular complexity index is 996. The molecule has 7 heteroatoms. The lowest BCUT2D eigenvalue weighted by Crippen LogP contribution is -2.57. The van der Waals surface area contributed by atoms with Crippen molar-refractivity contribution in [1.82, 2.24) is 9.88 Å². The molecule has 1 unspecified atom stereocenters. The zero-order valence-corrected chi connectivity index (χ0v) is 18.1. The van der Waals surface area contributed by atoms with E-state index in [-0.39, 0.29) is 12.0 Å². The lowest BCUT2D eigenvalue weighted by Gasteiger charge is -2.43. The maximum atomic E-state index is 12.9. The number of carbonyl (C=O) groups excluding carboxylic acids is 1. The Morgan fingerprint density at radius 2 is 1.97 bits per heavy atom. The fraction of sp³-hybridized carbons (Fsp3) is 0.583. The van der Waals surface area contributed by atoms with E-state index >= 15 is 0 Å². The lowest BCUT2D eigenvalue weighted by molar-refractivity contribution is -0.135. The fourth-order valence-electron chi connectivity index (χ4n) is 5.02. The van der Waals surface area contributed by atoms with Gasteiger partial charge in [0.25, 0.3) is 0 Å². The lowest BCUT2D eigenvalue weighted by atomic mass is 9.93. The molecule has 162 valence electrons. The normalized spacial score (nSPS) is 24.1. The zero-order valence-electron chi connectivity index (χ0n) is 18.1. The molecule has 3 N–H and O–H groups in total. The first-order chi connectivity index (χ1) is 15.1. The summed E-state index contributed by atoms with van der Waals surface area (Å²) in [5, 5.41) is 17.8. The number of carbonyl (C=O) groups is 1. The first-order valence-electron chi connectivity index (χ1n) is 11.5. The number of nitrogens with two attached hydrogens (primary N) is 1. The second-order valence-corrected chi connectivity index (χ2v) is 9.50. The molecule has 1 aromatic heterocycles. The quantitative estimate of drug-likeness (QED) is 0.690. The number of pyridine rings is 1. The third kappa shape index (κ3) is 3.58. The number of rotatable bonds is 6. The molecule has 0 aromatic carbocycles. The van der Waals surface area contributed by atoms with E-state index in [0.29, 0.717) is 42.0 Å². The summed E-state index contributed by atoms with van der Waals surface area (Å²) in [7, 11) is 0.